The van der Waals surface area contributed by atoms with Crippen LogP contribution in [-0.2, 0) is 4.74 Å². The molecule has 0 bridgehead atoms. The zero-order valence-corrected chi connectivity index (χ0v) is 9.86. The number of methoxy groups -OCH3 is 1. The minimum atomic E-state index is 0.128. The predicted molar refractivity (Wildman–Crippen MR) is 61.5 cm³/mol. The van der Waals surface area contributed by atoms with Crippen LogP contribution in [0.1, 0.15) is 19.8 Å². The summed E-state index contributed by atoms with van der Waals surface area (Å²) < 4.78 is 5.03. The van der Waals surface area contributed by atoms with Gasteiger partial charge in [-0.2, -0.15) is 0 Å². The highest BCUT2D eigenvalue weighted by atomic mass is 16.5. The molecule has 0 aliphatic heterocycles. The monoisotopic (exact) mass is 214 g/mol. The zero-order chi connectivity index (χ0) is 11.3. The van der Waals surface area contributed by atoms with Gasteiger partial charge in [-0.25, -0.2) is 10.8 Å². The average Bonchev–Trinajstić information content (AvgIpc) is 2.98. The summed E-state index contributed by atoms with van der Waals surface area (Å²) in [4.78, 5) is 6.52. The van der Waals surface area contributed by atoms with Crippen molar-refractivity contribution in [3.8, 4) is 0 Å². The number of aliphatic imine (C=N–C) groups is 1. The van der Waals surface area contributed by atoms with Crippen molar-refractivity contribution in [2.75, 3.05) is 27.3 Å². The van der Waals surface area contributed by atoms with E-state index >= 15 is 0 Å². The smallest absolute Gasteiger partial charge is 0.208 e. The van der Waals surface area contributed by atoms with Gasteiger partial charge in [0.25, 0.3) is 0 Å². The molecule has 0 saturated heterocycles. The van der Waals surface area contributed by atoms with Crippen LogP contribution >= 0.6 is 0 Å². The van der Waals surface area contributed by atoms with Crippen LogP contribution in [0.5, 0.6) is 0 Å². The molecule has 0 aromatic rings. The first-order valence-corrected chi connectivity index (χ1v) is 5.41. The number of nitrogens with two attached hydrogens (primary N) is 1. The summed E-state index contributed by atoms with van der Waals surface area (Å²) in [5, 5.41) is 0. The molecule has 1 unspecified atom stereocenters. The van der Waals surface area contributed by atoms with Gasteiger partial charge in [0.15, 0.2) is 0 Å². The number of ether oxygens (including phenoxy) is 1. The van der Waals surface area contributed by atoms with Gasteiger partial charge in [0, 0.05) is 20.7 Å². The van der Waals surface area contributed by atoms with Crippen LogP contribution in [0.4, 0.5) is 0 Å². The molecule has 0 spiro atoms. The van der Waals surface area contributed by atoms with E-state index in [9.17, 15) is 0 Å². The highest BCUT2D eigenvalue weighted by Gasteiger charge is 2.24. The molecular weight excluding hydrogens is 192 g/mol. The SMILES string of the molecule is COCC(C)N=C(NN)N(C)CC1CC1. The van der Waals surface area contributed by atoms with Crippen molar-refractivity contribution in [1.82, 2.24) is 10.3 Å². The van der Waals surface area contributed by atoms with Crippen LogP contribution < -0.4 is 11.3 Å². The molecule has 5 nitrogen and oxygen atoms in total. The molecule has 0 heterocycles. The van der Waals surface area contributed by atoms with Crippen LogP contribution in [-0.4, -0.2) is 44.2 Å². The average molecular weight is 214 g/mol. The van der Waals surface area contributed by atoms with E-state index in [0.29, 0.717) is 6.61 Å². The second kappa shape index (κ2) is 5.92. The summed E-state index contributed by atoms with van der Waals surface area (Å²) in [7, 11) is 3.69. The molecule has 1 rings (SSSR count). The summed E-state index contributed by atoms with van der Waals surface area (Å²) in [6.07, 6.45) is 2.66. The normalized spacial score (nSPS) is 18.8. The molecule has 0 aromatic heterocycles. The van der Waals surface area contributed by atoms with Crippen LogP contribution in [0.25, 0.3) is 0 Å². The zero-order valence-electron chi connectivity index (χ0n) is 9.86. The first-order chi connectivity index (χ1) is 7.17. The number of nitrogens with zero attached hydrogens (tertiary/aromatic N) is 2. The number of hydrazine groups is 1. The minimum Gasteiger partial charge on any atom is -0.382 e. The van der Waals surface area contributed by atoms with Crippen molar-refractivity contribution in [2.45, 2.75) is 25.8 Å². The molecule has 5 heteroatoms. The van der Waals surface area contributed by atoms with E-state index in [1.54, 1.807) is 7.11 Å². The molecule has 1 atom stereocenters. The van der Waals surface area contributed by atoms with Gasteiger partial charge in [-0.05, 0) is 25.7 Å². The van der Waals surface area contributed by atoms with Crippen molar-refractivity contribution < 1.29 is 4.74 Å². The number of nitrogens with one attached hydrogen (secondary N) is 1. The van der Waals surface area contributed by atoms with Gasteiger partial charge < -0.3 is 9.64 Å². The lowest BCUT2D eigenvalue weighted by molar-refractivity contribution is 0.185. The van der Waals surface area contributed by atoms with E-state index in [0.717, 1.165) is 18.4 Å². The molecule has 0 amide bonds. The van der Waals surface area contributed by atoms with Crippen molar-refractivity contribution >= 4 is 5.96 Å². The van der Waals surface area contributed by atoms with Gasteiger partial charge in [-0.1, -0.05) is 0 Å². The summed E-state index contributed by atoms with van der Waals surface area (Å²) in [5.41, 5.74) is 2.64. The molecule has 0 aromatic carbocycles. The Kier molecular flexibility index (Phi) is 4.84. The minimum absolute atomic E-state index is 0.128. The van der Waals surface area contributed by atoms with E-state index in [1.807, 2.05) is 14.0 Å². The number of hydrogen-bond acceptors (Lipinski definition) is 3. The van der Waals surface area contributed by atoms with E-state index in [2.05, 4.69) is 15.3 Å². The van der Waals surface area contributed by atoms with Crippen LogP contribution in [0.2, 0.25) is 0 Å². The van der Waals surface area contributed by atoms with Gasteiger partial charge in [-0.3, -0.25) is 5.43 Å². The lowest BCUT2D eigenvalue weighted by Crippen LogP contribution is -2.44. The first kappa shape index (κ1) is 12.3. The third kappa shape index (κ3) is 4.48. The van der Waals surface area contributed by atoms with Crippen LogP contribution in [0.15, 0.2) is 4.99 Å². The Morgan fingerprint density at radius 1 is 1.67 bits per heavy atom. The lowest BCUT2D eigenvalue weighted by atomic mass is 10.4. The lowest BCUT2D eigenvalue weighted by Gasteiger charge is -2.21. The standard InChI is InChI=1S/C10H22N4O/c1-8(7-15-3)12-10(13-11)14(2)6-9-4-5-9/h8-9H,4-7,11H2,1-3H3,(H,12,13). The Morgan fingerprint density at radius 3 is 2.80 bits per heavy atom. The summed E-state index contributed by atoms with van der Waals surface area (Å²) in [5.74, 6) is 7.02. The molecule has 3 N–H and O–H groups in total. The Labute approximate surface area is 91.6 Å². The molecule has 0 radical (unpaired) electrons. The van der Waals surface area contributed by atoms with Gasteiger partial charge in [0.05, 0.1) is 12.6 Å². The number of rotatable bonds is 5. The van der Waals surface area contributed by atoms with Crippen LogP contribution in [0, 0.1) is 5.92 Å². The van der Waals surface area contributed by atoms with Crippen molar-refractivity contribution in [2.24, 2.45) is 16.8 Å². The fourth-order valence-electron chi connectivity index (χ4n) is 1.51. The van der Waals surface area contributed by atoms with E-state index in [4.69, 9.17) is 10.6 Å². The molecule has 88 valence electrons. The molecule has 1 aliphatic rings. The Bertz CT molecular complexity index is 215. The van der Waals surface area contributed by atoms with Gasteiger partial charge in [0.2, 0.25) is 5.96 Å². The molecule has 15 heavy (non-hydrogen) atoms. The quantitative estimate of drug-likeness (QED) is 0.297. The Hall–Kier alpha value is -0.810. The Morgan fingerprint density at radius 2 is 2.33 bits per heavy atom. The molecule has 1 aliphatic carbocycles. The third-order valence-corrected chi connectivity index (χ3v) is 2.47. The first-order valence-electron chi connectivity index (χ1n) is 5.41. The van der Waals surface area contributed by atoms with Gasteiger partial charge in [-0.15, -0.1) is 0 Å². The number of guanidine groups is 1. The van der Waals surface area contributed by atoms with Crippen LogP contribution in [0.3, 0.4) is 0 Å². The molecule has 1 fully saturated rings. The maximum atomic E-state index is 5.45. The highest BCUT2D eigenvalue weighted by Crippen LogP contribution is 2.29. The van der Waals surface area contributed by atoms with Crippen molar-refractivity contribution in [1.29, 1.82) is 0 Å². The van der Waals surface area contributed by atoms with E-state index in [-0.39, 0.29) is 6.04 Å². The fraction of sp³-hybridized carbons (Fsp3) is 0.900. The van der Waals surface area contributed by atoms with Gasteiger partial charge >= 0.3 is 0 Å². The van der Waals surface area contributed by atoms with E-state index < -0.39 is 0 Å². The van der Waals surface area contributed by atoms with E-state index in [1.165, 1.54) is 12.8 Å². The summed E-state index contributed by atoms with van der Waals surface area (Å²) in [6, 6.07) is 0.128. The number of hydrogen-bond donors (Lipinski definition) is 2. The summed E-state index contributed by atoms with van der Waals surface area (Å²) >= 11 is 0. The maximum absolute atomic E-state index is 5.45. The second-order valence-electron chi connectivity index (χ2n) is 4.23. The third-order valence-electron chi connectivity index (χ3n) is 2.47. The topological polar surface area (TPSA) is 62.9 Å². The Balaban J connectivity index is 2.43. The molecule has 1 saturated carbocycles. The second-order valence-corrected chi connectivity index (χ2v) is 4.23. The van der Waals surface area contributed by atoms with Crippen molar-refractivity contribution in [3.05, 3.63) is 0 Å². The predicted octanol–water partition coefficient (Wildman–Crippen LogP) is 0.182. The maximum Gasteiger partial charge on any atom is 0.208 e. The van der Waals surface area contributed by atoms with Gasteiger partial charge in [0.1, 0.15) is 0 Å². The molecular formula is C10H22N4O. The highest BCUT2D eigenvalue weighted by molar-refractivity contribution is 5.79. The van der Waals surface area contributed by atoms with Crippen molar-refractivity contribution in [3.63, 3.8) is 0 Å². The largest absolute Gasteiger partial charge is 0.382 e. The fourth-order valence-corrected chi connectivity index (χ4v) is 1.51. The summed E-state index contributed by atoms with van der Waals surface area (Å²) in [6.45, 7) is 3.65.